The van der Waals surface area contributed by atoms with Crippen LogP contribution in [0.25, 0.3) is 0 Å². The van der Waals surface area contributed by atoms with Gasteiger partial charge in [-0.25, -0.2) is 9.13 Å². The number of aliphatic hydroxyl groups is 1. The molecule has 0 spiro atoms. The van der Waals surface area contributed by atoms with Gasteiger partial charge in [-0.3, -0.25) is 37.3 Å². The Labute approximate surface area is 517 Å². The summed E-state index contributed by atoms with van der Waals surface area (Å²) in [7, 11) is -9.89. The largest absolute Gasteiger partial charge is 0.472 e. The molecule has 3 N–H and O–H groups in total. The highest BCUT2D eigenvalue weighted by atomic mass is 31.2. The fraction of sp³-hybridized carbons (Fsp3) is 0.939. The van der Waals surface area contributed by atoms with Crippen LogP contribution in [-0.2, 0) is 65.4 Å². The zero-order chi connectivity index (χ0) is 63.1. The van der Waals surface area contributed by atoms with Crippen LogP contribution in [0.3, 0.4) is 0 Å². The number of carbonyl (C=O) groups excluding carboxylic acids is 4. The Balaban J connectivity index is 5.23. The van der Waals surface area contributed by atoms with Gasteiger partial charge in [-0.2, -0.15) is 0 Å². The van der Waals surface area contributed by atoms with Gasteiger partial charge in [0.1, 0.15) is 19.3 Å². The van der Waals surface area contributed by atoms with Crippen molar-refractivity contribution in [1.29, 1.82) is 0 Å². The summed E-state index contributed by atoms with van der Waals surface area (Å²) < 4.78 is 68.0. The van der Waals surface area contributed by atoms with E-state index in [0.29, 0.717) is 25.7 Å². The lowest BCUT2D eigenvalue weighted by Crippen LogP contribution is -2.30. The topological polar surface area (TPSA) is 237 Å². The fourth-order valence-corrected chi connectivity index (χ4v) is 11.4. The maximum Gasteiger partial charge on any atom is 0.472 e. The van der Waals surface area contributed by atoms with E-state index in [1.807, 2.05) is 0 Å². The summed E-state index contributed by atoms with van der Waals surface area (Å²) in [6.45, 7) is 11.7. The van der Waals surface area contributed by atoms with E-state index < -0.39 is 97.5 Å². The number of aliphatic hydroxyl groups excluding tert-OH is 1. The molecule has 0 aliphatic carbocycles. The van der Waals surface area contributed by atoms with Crippen molar-refractivity contribution in [2.45, 2.75) is 343 Å². The van der Waals surface area contributed by atoms with Gasteiger partial charge in [0.2, 0.25) is 0 Å². The van der Waals surface area contributed by atoms with Gasteiger partial charge >= 0.3 is 39.5 Å². The molecule has 0 heterocycles. The van der Waals surface area contributed by atoms with E-state index >= 15 is 0 Å². The summed E-state index contributed by atoms with van der Waals surface area (Å²) in [4.78, 5) is 72.2. The van der Waals surface area contributed by atoms with E-state index in [2.05, 4.69) is 48.5 Å². The maximum absolute atomic E-state index is 13.0. The van der Waals surface area contributed by atoms with Crippen molar-refractivity contribution >= 4 is 39.5 Å². The number of esters is 4. The van der Waals surface area contributed by atoms with Crippen LogP contribution in [0.1, 0.15) is 325 Å². The number of hydrogen-bond donors (Lipinski definition) is 3. The lowest BCUT2D eigenvalue weighted by atomic mass is 10.0. The van der Waals surface area contributed by atoms with Gasteiger partial charge in [-0.05, 0) is 43.4 Å². The van der Waals surface area contributed by atoms with E-state index in [0.717, 1.165) is 114 Å². The Kier molecular flexibility index (Phi) is 55.9. The van der Waals surface area contributed by atoms with E-state index in [9.17, 15) is 43.2 Å². The van der Waals surface area contributed by atoms with Crippen molar-refractivity contribution in [1.82, 2.24) is 0 Å². The van der Waals surface area contributed by atoms with Crippen LogP contribution >= 0.6 is 15.6 Å². The van der Waals surface area contributed by atoms with Gasteiger partial charge in [0, 0.05) is 25.7 Å². The van der Waals surface area contributed by atoms with Crippen LogP contribution in [0.5, 0.6) is 0 Å². The monoisotopic (exact) mass is 1250 g/mol. The van der Waals surface area contributed by atoms with Gasteiger partial charge in [-0.1, -0.05) is 273 Å². The number of unbranched alkanes of at least 4 members (excludes halogenated alkanes) is 32. The van der Waals surface area contributed by atoms with Crippen molar-refractivity contribution in [3.05, 3.63) is 0 Å². The summed E-state index contributed by atoms with van der Waals surface area (Å²) in [5, 5.41) is 10.5. The quantitative estimate of drug-likeness (QED) is 0.0222. The lowest BCUT2D eigenvalue weighted by Gasteiger charge is -2.21. The Morgan fingerprint density at radius 1 is 0.318 bits per heavy atom. The SMILES string of the molecule is CCCCCCCCCCC(=O)OC[C@H](COP(=O)(O)OC[C@H](O)COP(=O)(O)OC[C@@H](COC(=O)CCCCCCCCCCC(C)C)OC(=O)CCCCCCCCCCCCCCC(C)C)OC(=O)CCCCCCCCCCC(C)C. The predicted molar refractivity (Wildman–Crippen MR) is 340 cm³/mol. The Morgan fingerprint density at radius 2 is 0.541 bits per heavy atom. The molecular formula is C66H128O17P2. The highest BCUT2D eigenvalue weighted by molar-refractivity contribution is 7.47. The van der Waals surface area contributed by atoms with Crippen molar-refractivity contribution in [2.24, 2.45) is 17.8 Å². The highest BCUT2D eigenvalue weighted by Gasteiger charge is 2.30. The van der Waals surface area contributed by atoms with Crippen molar-refractivity contribution in [2.75, 3.05) is 39.6 Å². The second-order valence-corrected chi connectivity index (χ2v) is 28.2. The zero-order valence-corrected chi connectivity index (χ0v) is 56.9. The van der Waals surface area contributed by atoms with Crippen LogP contribution in [0.15, 0.2) is 0 Å². The maximum atomic E-state index is 13.0. The van der Waals surface area contributed by atoms with Gasteiger partial charge in [0.05, 0.1) is 26.4 Å². The van der Waals surface area contributed by atoms with Crippen molar-refractivity contribution in [3.63, 3.8) is 0 Å². The molecule has 0 amide bonds. The van der Waals surface area contributed by atoms with Gasteiger partial charge in [0.25, 0.3) is 0 Å². The molecule has 5 atom stereocenters. The molecule has 0 aromatic rings. The first-order chi connectivity index (χ1) is 40.7. The molecule has 19 heteroatoms. The predicted octanol–water partition coefficient (Wildman–Crippen LogP) is 18.3. The van der Waals surface area contributed by atoms with Crippen LogP contribution in [0.2, 0.25) is 0 Å². The minimum absolute atomic E-state index is 0.104. The molecule has 0 aromatic carbocycles. The number of phosphoric acid groups is 2. The molecule has 0 rings (SSSR count). The Hall–Kier alpha value is -1.94. The molecule has 0 aromatic heterocycles. The van der Waals surface area contributed by atoms with E-state index in [1.165, 1.54) is 128 Å². The van der Waals surface area contributed by atoms with E-state index in [-0.39, 0.29) is 25.7 Å². The molecule has 0 bridgehead atoms. The lowest BCUT2D eigenvalue weighted by molar-refractivity contribution is -0.161. The van der Waals surface area contributed by atoms with E-state index in [4.69, 9.17) is 37.0 Å². The first-order valence-corrected chi connectivity index (χ1v) is 37.3. The third-order valence-corrected chi connectivity index (χ3v) is 17.0. The molecule has 0 saturated carbocycles. The van der Waals surface area contributed by atoms with Gasteiger partial charge in [0.15, 0.2) is 12.2 Å². The number of hydrogen-bond acceptors (Lipinski definition) is 15. The Morgan fingerprint density at radius 3 is 0.800 bits per heavy atom. The van der Waals surface area contributed by atoms with E-state index in [1.54, 1.807) is 0 Å². The summed E-state index contributed by atoms with van der Waals surface area (Å²) >= 11 is 0. The molecule has 0 aliphatic rings. The number of rotatable bonds is 64. The number of carbonyl (C=O) groups is 4. The molecule has 2 unspecified atom stereocenters. The second-order valence-electron chi connectivity index (χ2n) is 25.3. The highest BCUT2D eigenvalue weighted by Crippen LogP contribution is 2.45. The van der Waals surface area contributed by atoms with Gasteiger partial charge in [-0.15, -0.1) is 0 Å². The molecule has 17 nitrogen and oxygen atoms in total. The van der Waals surface area contributed by atoms with Crippen molar-refractivity contribution < 1.29 is 80.2 Å². The third-order valence-electron chi connectivity index (χ3n) is 15.1. The number of phosphoric ester groups is 2. The van der Waals surface area contributed by atoms with Gasteiger partial charge < -0.3 is 33.8 Å². The molecule has 85 heavy (non-hydrogen) atoms. The zero-order valence-electron chi connectivity index (χ0n) is 55.1. The summed E-state index contributed by atoms with van der Waals surface area (Å²) in [6.07, 6.45) is 39.0. The summed E-state index contributed by atoms with van der Waals surface area (Å²) in [6, 6.07) is 0. The average Bonchev–Trinajstić information content (AvgIpc) is 3.61. The van der Waals surface area contributed by atoms with Crippen LogP contribution < -0.4 is 0 Å². The van der Waals surface area contributed by atoms with Crippen LogP contribution in [0, 0.1) is 17.8 Å². The minimum Gasteiger partial charge on any atom is -0.462 e. The average molecular weight is 1260 g/mol. The normalized spacial score (nSPS) is 14.3. The second kappa shape index (κ2) is 57.2. The standard InChI is InChI=1S/C66H128O17P2/c1-8-9-10-11-12-26-33-40-47-63(68)76-53-61(83-66(71)50-43-36-29-22-20-25-32-39-46-59(6)7)55-80-84(72,73)78-51-60(67)52-79-85(74,75)81-56-62(54-77-64(69)48-41-34-27-21-19-24-31-38-45-58(4)5)82-65(70)49-42-35-28-18-16-14-13-15-17-23-30-37-44-57(2)3/h57-62,67H,8-56H2,1-7H3,(H,72,73)(H,74,75)/t60-,61+,62+/m0/s1. The fourth-order valence-electron chi connectivity index (χ4n) is 9.83. The smallest absolute Gasteiger partial charge is 0.462 e. The minimum atomic E-state index is -4.95. The molecule has 0 saturated heterocycles. The molecule has 0 fully saturated rings. The van der Waals surface area contributed by atoms with Crippen LogP contribution in [-0.4, -0.2) is 96.7 Å². The first kappa shape index (κ1) is 83.1. The molecule has 504 valence electrons. The molecule has 0 radical (unpaired) electrons. The molecular weight excluding hydrogens is 1130 g/mol. The summed E-state index contributed by atoms with van der Waals surface area (Å²) in [5.74, 6) is 0.0853. The first-order valence-electron chi connectivity index (χ1n) is 34.3. The molecule has 0 aliphatic heterocycles. The number of ether oxygens (including phenoxy) is 4. The summed E-state index contributed by atoms with van der Waals surface area (Å²) in [5.41, 5.74) is 0. The third kappa shape index (κ3) is 60.7. The van der Waals surface area contributed by atoms with Crippen molar-refractivity contribution in [3.8, 4) is 0 Å². The Bertz CT molecular complexity index is 1680. The van der Waals surface area contributed by atoms with Crippen LogP contribution in [0.4, 0.5) is 0 Å².